The van der Waals surface area contributed by atoms with Gasteiger partial charge in [0.25, 0.3) is 0 Å². The molecule has 0 saturated carbocycles. The molecule has 2 amide bonds. The highest BCUT2D eigenvalue weighted by Crippen LogP contribution is 2.39. The fraction of sp³-hybridized carbons (Fsp3) is 0.536. The van der Waals surface area contributed by atoms with Gasteiger partial charge in [-0.3, -0.25) is 14.7 Å². The third kappa shape index (κ3) is 5.86. The summed E-state index contributed by atoms with van der Waals surface area (Å²) < 4.78 is 18.8. The summed E-state index contributed by atoms with van der Waals surface area (Å²) in [7, 11) is 0. The molecule has 1 aromatic heterocycles. The van der Waals surface area contributed by atoms with Crippen LogP contribution in [0.2, 0.25) is 0 Å². The molecule has 3 heterocycles. The van der Waals surface area contributed by atoms with Gasteiger partial charge in [-0.25, -0.2) is 9.18 Å². The molecule has 0 spiro atoms. The summed E-state index contributed by atoms with van der Waals surface area (Å²) in [5.41, 5.74) is 2.96. The first kappa shape index (κ1) is 26.1. The molecule has 1 saturated heterocycles. The topological polar surface area (TPSA) is 66.0 Å². The summed E-state index contributed by atoms with van der Waals surface area (Å²) in [6.07, 6.45) is 2.17. The Morgan fingerprint density at radius 1 is 1.14 bits per heavy atom. The highest BCUT2D eigenvalue weighted by molar-refractivity contribution is 5.97. The van der Waals surface area contributed by atoms with Crippen LogP contribution < -0.4 is 4.90 Å². The molecule has 36 heavy (non-hydrogen) atoms. The van der Waals surface area contributed by atoms with Gasteiger partial charge in [-0.2, -0.15) is 0 Å². The van der Waals surface area contributed by atoms with Crippen molar-refractivity contribution in [2.75, 3.05) is 37.6 Å². The Bertz CT molecular complexity index is 1130. The number of nitrogens with zero attached hydrogens (tertiary/aromatic N) is 4. The van der Waals surface area contributed by atoms with Crippen molar-refractivity contribution >= 4 is 17.7 Å². The number of fused-ring (bicyclic) bond motifs is 1. The summed E-state index contributed by atoms with van der Waals surface area (Å²) >= 11 is 0. The third-order valence-corrected chi connectivity index (χ3v) is 6.73. The number of aromatic nitrogens is 1. The van der Waals surface area contributed by atoms with E-state index in [1.807, 2.05) is 44.9 Å². The van der Waals surface area contributed by atoms with Gasteiger partial charge in [0.05, 0.1) is 17.9 Å². The highest BCUT2D eigenvalue weighted by atomic mass is 19.1. The number of carbonyl (C=O) groups is 2. The van der Waals surface area contributed by atoms with Crippen LogP contribution in [-0.2, 0) is 21.4 Å². The van der Waals surface area contributed by atoms with Crippen LogP contribution >= 0.6 is 0 Å². The smallest absolute Gasteiger partial charge is 0.410 e. The SMILES string of the molecule is CC1CN(CC(=O)N2CC(C)(C)c3ncc(Cc4ccc(F)cc4)cc32)CCN1C(=O)OC(C)(C)C. The second kappa shape index (κ2) is 9.81. The number of hydrogen-bond donors (Lipinski definition) is 0. The molecule has 1 fully saturated rings. The number of pyridine rings is 1. The predicted octanol–water partition coefficient (Wildman–Crippen LogP) is 4.38. The summed E-state index contributed by atoms with van der Waals surface area (Å²) in [6, 6.07) is 8.45. The van der Waals surface area contributed by atoms with Gasteiger partial charge in [-0.05, 0) is 63.4 Å². The first-order valence-electron chi connectivity index (χ1n) is 12.6. The average molecular weight is 497 g/mol. The number of anilines is 1. The van der Waals surface area contributed by atoms with Crippen molar-refractivity contribution in [2.24, 2.45) is 0 Å². The quantitative estimate of drug-likeness (QED) is 0.629. The number of carbonyl (C=O) groups excluding carboxylic acids is 2. The highest BCUT2D eigenvalue weighted by Gasteiger charge is 2.40. The second-order valence-electron chi connectivity index (χ2n) is 11.6. The maximum Gasteiger partial charge on any atom is 0.410 e. The number of rotatable bonds is 4. The molecular weight excluding hydrogens is 459 g/mol. The van der Waals surface area contributed by atoms with Crippen LogP contribution in [0.1, 0.15) is 58.4 Å². The lowest BCUT2D eigenvalue weighted by Gasteiger charge is -2.40. The van der Waals surface area contributed by atoms with Crippen molar-refractivity contribution in [3.63, 3.8) is 0 Å². The largest absolute Gasteiger partial charge is 0.444 e. The monoisotopic (exact) mass is 496 g/mol. The van der Waals surface area contributed by atoms with Gasteiger partial charge >= 0.3 is 6.09 Å². The van der Waals surface area contributed by atoms with E-state index in [-0.39, 0.29) is 35.8 Å². The summed E-state index contributed by atoms with van der Waals surface area (Å²) in [4.78, 5) is 36.5. The van der Waals surface area contributed by atoms with Crippen LogP contribution in [0.4, 0.5) is 14.9 Å². The Balaban J connectivity index is 1.44. The number of ether oxygens (including phenoxy) is 1. The van der Waals surface area contributed by atoms with Crippen molar-refractivity contribution in [3.8, 4) is 0 Å². The lowest BCUT2D eigenvalue weighted by molar-refractivity contribution is -0.120. The van der Waals surface area contributed by atoms with Crippen LogP contribution in [0.25, 0.3) is 0 Å². The summed E-state index contributed by atoms with van der Waals surface area (Å²) in [5.74, 6) is -0.230. The van der Waals surface area contributed by atoms with Crippen molar-refractivity contribution in [1.29, 1.82) is 0 Å². The van der Waals surface area contributed by atoms with E-state index in [1.165, 1.54) is 12.1 Å². The zero-order chi connectivity index (χ0) is 26.3. The molecule has 0 N–H and O–H groups in total. The lowest BCUT2D eigenvalue weighted by Crippen LogP contribution is -2.56. The fourth-order valence-electron chi connectivity index (χ4n) is 4.98. The molecular formula is C28H37FN4O3. The van der Waals surface area contributed by atoms with Crippen LogP contribution in [0.15, 0.2) is 36.5 Å². The standard InChI is InChI=1S/C28H37FN4O3/c1-19-16-31(11-12-32(19)26(35)36-27(2,3)4)17-24(34)33-18-28(5,6)25-23(33)14-21(15-30-25)13-20-7-9-22(29)10-8-20/h7-10,14-15,19H,11-13,16-18H2,1-6H3. The van der Waals surface area contributed by atoms with E-state index in [1.54, 1.807) is 17.0 Å². The van der Waals surface area contributed by atoms with Crippen molar-refractivity contribution in [2.45, 2.75) is 65.0 Å². The molecule has 1 aromatic carbocycles. The third-order valence-electron chi connectivity index (χ3n) is 6.73. The number of halogens is 1. The molecule has 0 radical (unpaired) electrons. The molecule has 7 nitrogen and oxygen atoms in total. The maximum atomic E-state index is 13.5. The summed E-state index contributed by atoms with van der Waals surface area (Å²) in [5, 5.41) is 0. The minimum absolute atomic E-state index is 0.0282. The van der Waals surface area contributed by atoms with E-state index >= 15 is 0 Å². The van der Waals surface area contributed by atoms with Gasteiger partial charge < -0.3 is 14.5 Å². The Kier molecular flexibility index (Phi) is 7.10. The zero-order valence-corrected chi connectivity index (χ0v) is 22.2. The molecule has 1 atom stereocenters. The van der Waals surface area contributed by atoms with E-state index in [4.69, 9.17) is 9.72 Å². The van der Waals surface area contributed by atoms with Gasteiger partial charge in [0.15, 0.2) is 0 Å². The summed E-state index contributed by atoms with van der Waals surface area (Å²) in [6.45, 7) is 14.4. The van der Waals surface area contributed by atoms with E-state index in [0.717, 1.165) is 22.5 Å². The Morgan fingerprint density at radius 3 is 2.47 bits per heavy atom. The van der Waals surface area contributed by atoms with E-state index in [9.17, 15) is 14.0 Å². The van der Waals surface area contributed by atoms with E-state index in [0.29, 0.717) is 32.6 Å². The van der Waals surface area contributed by atoms with Gasteiger partial charge in [0.2, 0.25) is 5.91 Å². The molecule has 194 valence electrons. The molecule has 2 aliphatic heterocycles. The molecule has 4 rings (SSSR count). The fourth-order valence-corrected chi connectivity index (χ4v) is 4.98. The van der Waals surface area contributed by atoms with Crippen LogP contribution in [0, 0.1) is 5.82 Å². The molecule has 0 bridgehead atoms. The molecule has 2 aromatic rings. The van der Waals surface area contributed by atoms with Crippen LogP contribution in [0.5, 0.6) is 0 Å². The molecule has 1 unspecified atom stereocenters. The van der Waals surface area contributed by atoms with Crippen LogP contribution in [0.3, 0.4) is 0 Å². The zero-order valence-electron chi connectivity index (χ0n) is 22.2. The number of piperazine rings is 1. The van der Waals surface area contributed by atoms with Crippen molar-refractivity contribution < 1.29 is 18.7 Å². The maximum absolute atomic E-state index is 13.5. The van der Waals surface area contributed by atoms with Crippen LogP contribution in [-0.4, -0.2) is 71.2 Å². The normalized spacial score (nSPS) is 19.8. The second-order valence-corrected chi connectivity index (χ2v) is 11.6. The van der Waals surface area contributed by atoms with Gasteiger partial charge in [0.1, 0.15) is 11.4 Å². The predicted molar refractivity (Wildman–Crippen MR) is 138 cm³/mol. The van der Waals surface area contributed by atoms with E-state index in [2.05, 4.69) is 18.7 Å². The Hall–Kier alpha value is -3.00. The molecule has 8 heteroatoms. The number of amides is 2. The Morgan fingerprint density at radius 2 is 1.83 bits per heavy atom. The first-order chi connectivity index (χ1) is 16.8. The van der Waals surface area contributed by atoms with Crippen molar-refractivity contribution in [3.05, 3.63) is 59.2 Å². The average Bonchev–Trinajstić information content (AvgIpc) is 3.04. The minimum Gasteiger partial charge on any atom is -0.444 e. The number of benzene rings is 1. The minimum atomic E-state index is -0.538. The van der Waals surface area contributed by atoms with Crippen molar-refractivity contribution in [1.82, 2.24) is 14.8 Å². The first-order valence-corrected chi connectivity index (χ1v) is 12.6. The molecule has 2 aliphatic rings. The lowest BCUT2D eigenvalue weighted by atomic mass is 9.91. The van der Waals surface area contributed by atoms with Gasteiger partial charge in [-0.15, -0.1) is 0 Å². The number of hydrogen-bond acceptors (Lipinski definition) is 5. The molecule has 0 aliphatic carbocycles. The van der Waals surface area contributed by atoms with Gasteiger partial charge in [0, 0.05) is 43.8 Å². The van der Waals surface area contributed by atoms with E-state index < -0.39 is 5.60 Å². The van der Waals surface area contributed by atoms with Gasteiger partial charge in [-0.1, -0.05) is 26.0 Å². The Labute approximate surface area is 213 Å².